The lowest BCUT2D eigenvalue weighted by Gasteiger charge is -1.97. The van der Waals surface area contributed by atoms with Crippen molar-refractivity contribution in [2.24, 2.45) is 0 Å². The summed E-state index contributed by atoms with van der Waals surface area (Å²) in [4.78, 5) is 7.92. The molecule has 4 heteroatoms. The van der Waals surface area contributed by atoms with Gasteiger partial charge in [0.2, 0.25) is 0 Å². The highest BCUT2D eigenvalue weighted by Crippen LogP contribution is 2.13. The molecule has 0 aliphatic heterocycles. The van der Waals surface area contributed by atoms with Crippen LogP contribution in [0.4, 0.5) is 5.82 Å². The molecule has 48 valence electrons. The predicted molar refractivity (Wildman–Crippen MR) is 39.3 cm³/mol. The van der Waals surface area contributed by atoms with E-state index in [4.69, 9.17) is 0 Å². The molecule has 0 spiro atoms. The van der Waals surface area contributed by atoms with E-state index < -0.39 is 0 Å². The molecule has 0 bridgehead atoms. The Morgan fingerprint density at radius 2 is 2.11 bits per heavy atom. The number of halogens is 1. The SMILES string of the molecule is CNc1nccnc1Br. The minimum Gasteiger partial charge on any atom is -0.371 e. The predicted octanol–water partition coefficient (Wildman–Crippen LogP) is 1.28. The van der Waals surface area contributed by atoms with Crippen molar-refractivity contribution in [3.63, 3.8) is 0 Å². The van der Waals surface area contributed by atoms with Crippen molar-refractivity contribution in [2.75, 3.05) is 12.4 Å². The van der Waals surface area contributed by atoms with Gasteiger partial charge in [0.1, 0.15) is 4.60 Å². The van der Waals surface area contributed by atoms with Crippen molar-refractivity contribution >= 4 is 21.7 Å². The molecule has 0 fully saturated rings. The lowest BCUT2D eigenvalue weighted by Crippen LogP contribution is -1.93. The number of rotatable bonds is 1. The van der Waals surface area contributed by atoms with Crippen LogP contribution in [-0.2, 0) is 0 Å². The van der Waals surface area contributed by atoms with E-state index in [1.54, 1.807) is 19.4 Å². The lowest BCUT2D eigenvalue weighted by molar-refractivity contribution is 1.15. The normalized spacial score (nSPS) is 9.11. The molecule has 1 rings (SSSR count). The smallest absolute Gasteiger partial charge is 0.158 e. The summed E-state index contributed by atoms with van der Waals surface area (Å²) in [5.41, 5.74) is 0. The van der Waals surface area contributed by atoms with E-state index in [9.17, 15) is 0 Å². The van der Waals surface area contributed by atoms with E-state index in [2.05, 4.69) is 31.2 Å². The van der Waals surface area contributed by atoms with Gasteiger partial charge in [-0.05, 0) is 15.9 Å². The zero-order valence-corrected chi connectivity index (χ0v) is 6.51. The first-order valence-corrected chi connectivity index (χ1v) is 3.28. The summed E-state index contributed by atoms with van der Waals surface area (Å²) in [6.07, 6.45) is 3.27. The van der Waals surface area contributed by atoms with Gasteiger partial charge >= 0.3 is 0 Å². The fourth-order valence-electron chi connectivity index (χ4n) is 0.489. The zero-order valence-electron chi connectivity index (χ0n) is 4.93. The second kappa shape index (κ2) is 2.77. The van der Waals surface area contributed by atoms with Crippen LogP contribution in [0.25, 0.3) is 0 Å². The van der Waals surface area contributed by atoms with Crippen LogP contribution in [0.3, 0.4) is 0 Å². The Morgan fingerprint density at radius 1 is 1.44 bits per heavy atom. The standard InChI is InChI=1S/C5H6BrN3/c1-7-5-4(6)8-2-3-9-5/h2-3H,1H3,(H,7,9). The third-order valence-electron chi connectivity index (χ3n) is 0.890. The number of nitrogens with zero attached hydrogens (tertiary/aromatic N) is 2. The van der Waals surface area contributed by atoms with Crippen molar-refractivity contribution < 1.29 is 0 Å². The van der Waals surface area contributed by atoms with Gasteiger partial charge in [-0.1, -0.05) is 0 Å². The first-order valence-electron chi connectivity index (χ1n) is 2.49. The van der Waals surface area contributed by atoms with E-state index >= 15 is 0 Å². The second-order valence-electron chi connectivity index (χ2n) is 1.45. The van der Waals surface area contributed by atoms with Crippen LogP contribution < -0.4 is 5.32 Å². The Hall–Kier alpha value is -0.640. The van der Waals surface area contributed by atoms with Crippen molar-refractivity contribution in [3.8, 4) is 0 Å². The number of anilines is 1. The van der Waals surface area contributed by atoms with Gasteiger partial charge in [0, 0.05) is 19.4 Å². The molecule has 1 N–H and O–H groups in total. The van der Waals surface area contributed by atoms with Gasteiger partial charge in [0.15, 0.2) is 5.82 Å². The molecule has 0 aliphatic carbocycles. The molecule has 0 unspecified atom stereocenters. The molecule has 0 atom stereocenters. The molecule has 0 saturated carbocycles. The van der Waals surface area contributed by atoms with Crippen LogP contribution in [0.5, 0.6) is 0 Å². The Kier molecular flexibility index (Phi) is 2.00. The molecule has 1 aromatic rings. The summed E-state index contributed by atoms with van der Waals surface area (Å²) in [5.74, 6) is 0.762. The first-order chi connectivity index (χ1) is 4.34. The first kappa shape index (κ1) is 6.48. The summed E-state index contributed by atoms with van der Waals surface area (Å²) < 4.78 is 0.743. The lowest BCUT2D eigenvalue weighted by atomic mass is 10.7. The van der Waals surface area contributed by atoms with Gasteiger partial charge in [-0.2, -0.15) is 0 Å². The Bertz CT molecular complexity index is 201. The van der Waals surface area contributed by atoms with E-state index in [-0.39, 0.29) is 0 Å². The van der Waals surface area contributed by atoms with Crippen LogP contribution in [0, 0.1) is 0 Å². The summed E-state index contributed by atoms with van der Waals surface area (Å²) >= 11 is 3.22. The molecule has 0 aliphatic rings. The van der Waals surface area contributed by atoms with E-state index in [0.29, 0.717) is 0 Å². The molecule has 1 heterocycles. The quantitative estimate of drug-likeness (QED) is 0.721. The number of hydrogen-bond acceptors (Lipinski definition) is 3. The summed E-state index contributed by atoms with van der Waals surface area (Å²) in [6.45, 7) is 0. The van der Waals surface area contributed by atoms with Gasteiger partial charge in [-0.25, -0.2) is 9.97 Å². The minimum absolute atomic E-state index is 0.743. The van der Waals surface area contributed by atoms with Crippen LogP contribution in [0.1, 0.15) is 0 Å². The molecular weight excluding hydrogens is 182 g/mol. The highest BCUT2D eigenvalue weighted by atomic mass is 79.9. The van der Waals surface area contributed by atoms with Crippen LogP contribution >= 0.6 is 15.9 Å². The van der Waals surface area contributed by atoms with Gasteiger partial charge in [-0.15, -0.1) is 0 Å². The summed E-state index contributed by atoms with van der Waals surface area (Å²) in [6, 6.07) is 0. The monoisotopic (exact) mass is 187 g/mol. The maximum absolute atomic E-state index is 3.98. The number of nitrogens with one attached hydrogen (secondary N) is 1. The molecule has 0 saturated heterocycles. The Morgan fingerprint density at radius 3 is 2.56 bits per heavy atom. The van der Waals surface area contributed by atoms with Crippen LogP contribution in [0.2, 0.25) is 0 Å². The van der Waals surface area contributed by atoms with Crippen molar-refractivity contribution in [1.82, 2.24) is 9.97 Å². The van der Waals surface area contributed by atoms with Gasteiger partial charge < -0.3 is 5.32 Å². The van der Waals surface area contributed by atoms with Gasteiger partial charge in [-0.3, -0.25) is 0 Å². The molecule has 0 aromatic carbocycles. The van der Waals surface area contributed by atoms with E-state index in [1.165, 1.54) is 0 Å². The third-order valence-corrected chi connectivity index (χ3v) is 1.47. The van der Waals surface area contributed by atoms with Crippen molar-refractivity contribution in [3.05, 3.63) is 17.0 Å². The van der Waals surface area contributed by atoms with Crippen molar-refractivity contribution in [1.29, 1.82) is 0 Å². The maximum Gasteiger partial charge on any atom is 0.158 e. The molecular formula is C5H6BrN3. The fraction of sp³-hybridized carbons (Fsp3) is 0.200. The molecule has 0 amide bonds. The van der Waals surface area contributed by atoms with Crippen molar-refractivity contribution in [2.45, 2.75) is 0 Å². The second-order valence-corrected chi connectivity index (χ2v) is 2.20. The largest absolute Gasteiger partial charge is 0.371 e. The summed E-state index contributed by atoms with van der Waals surface area (Å²) in [5, 5.41) is 2.87. The topological polar surface area (TPSA) is 37.8 Å². The highest BCUT2D eigenvalue weighted by Gasteiger charge is 1.94. The fourth-order valence-corrected chi connectivity index (χ4v) is 0.908. The average Bonchev–Trinajstić information content (AvgIpc) is 1.89. The zero-order chi connectivity index (χ0) is 6.69. The van der Waals surface area contributed by atoms with Crippen LogP contribution in [0.15, 0.2) is 17.0 Å². The number of aromatic nitrogens is 2. The maximum atomic E-state index is 3.98. The third kappa shape index (κ3) is 1.38. The molecule has 1 aromatic heterocycles. The molecule has 9 heavy (non-hydrogen) atoms. The van der Waals surface area contributed by atoms with Crippen LogP contribution in [-0.4, -0.2) is 17.0 Å². The van der Waals surface area contributed by atoms with E-state index in [0.717, 1.165) is 10.4 Å². The average molecular weight is 188 g/mol. The molecule has 0 radical (unpaired) electrons. The Balaban J connectivity index is 3.01. The highest BCUT2D eigenvalue weighted by molar-refractivity contribution is 9.10. The minimum atomic E-state index is 0.743. The van der Waals surface area contributed by atoms with Gasteiger partial charge in [0.05, 0.1) is 0 Å². The number of hydrogen-bond donors (Lipinski definition) is 1. The Labute approximate surface area is 61.7 Å². The van der Waals surface area contributed by atoms with Gasteiger partial charge in [0.25, 0.3) is 0 Å². The van der Waals surface area contributed by atoms with E-state index in [1.807, 2.05) is 0 Å². The summed E-state index contributed by atoms with van der Waals surface area (Å²) in [7, 11) is 1.80. The molecule has 3 nitrogen and oxygen atoms in total.